The van der Waals surface area contributed by atoms with Crippen LogP contribution in [-0.2, 0) is 0 Å². The Kier molecular flexibility index (Phi) is 5.00. The predicted octanol–water partition coefficient (Wildman–Crippen LogP) is 12.4. The third-order valence-electron chi connectivity index (χ3n) is 9.23. The summed E-state index contributed by atoms with van der Waals surface area (Å²) in [6, 6.07) is 53.8. The summed E-state index contributed by atoms with van der Waals surface area (Å²) in [5.41, 5.74) is 6.63. The molecule has 210 valence electrons. The number of hydrogen-bond acceptors (Lipinski definition) is 3. The third-order valence-corrected chi connectivity index (χ3v) is 9.23. The molecule has 0 amide bonds. The van der Waals surface area contributed by atoms with Crippen molar-refractivity contribution in [1.29, 1.82) is 0 Å². The van der Waals surface area contributed by atoms with Gasteiger partial charge in [0.2, 0.25) is 0 Å². The zero-order valence-corrected chi connectivity index (χ0v) is 24.2. The van der Waals surface area contributed by atoms with E-state index < -0.39 is 0 Å². The van der Waals surface area contributed by atoms with Gasteiger partial charge in [-0.2, -0.15) is 0 Å². The number of nitrogens with zero attached hydrogens (tertiary/aromatic N) is 1. The summed E-state index contributed by atoms with van der Waals surface area (Å²) in [4.78, 5) is 2.34. The zero-order valence-electron chi connectivity index (χ0n) is 24.2. The van der Waals surface area contributed by atoms with E-state index >= 15 is 0 Å². The lowest BCUT2D eigenvalue weighted by atomic mass is 9.95. The number of rotatable bonds is 3. The molecule has 0 unspecified atom stereocenters. The van der Waals surface area contributed by atoms with Crippen LogP contribution in [0.15, 0.2) is 160 Å². The van der Waals surface area contributed by atoms with E-state index in [2.05, 4.69) is 132 Å². The summed E-state index contributed by atoms with van der Waals surface area (Å²) in [5, 5.41) is 11.8. The topological polar surface area (TPSA) is 29.5 Å². The zero-order chi connectivity index (χ0) is 29.5. The summed E-state index contributed by atoms with van der Waals surface area (Å²) < 4.78 is 12.8. The average Bonchev–Trinajstić information content (AvgIpc) is 3.65. The molecule has 2 heterocycles. The first-order valence-electron chi connectivity index (χ1n) is 15.3. The first kappa shape index (κ1) is 24.4. The molecule has 0 aliphatic rings. The maximum absolute atomic E-state index is 6.39. The van der Waals surface area contributed by atoms with E-state index in [1.165, 1.54) is 32.3 Å². The van der Waals surface area contributed by atoms with Crippen molar-refractivity contribution in [3.8, 4) is 0 Å². The van der Waals surface area contributed by atoms with Gasteiger partial charge in [0.1, 0.15) is 22.3 Å². The second-order valence-corrected chi connectivity index (χ2v) is 11.7. The molecule has 0 spiro atoms. The highest BCUT2D eigenvalue weighted by atomic mass is 16.3. The molecule has 3 nitrogen and oxygen atoms in total. The van der Waals surface area contributed by atoms with Crippen molar-refractivity contribution in [3.05, 3.63) is 152 Å². The van der Waals surface area contributed by atoms with Gasteiger partial charge in [0.15, 0.2) is 0 Å². The molecule has 45 heavy (non-hydrogen) atoms. The van der Waals surface area contributed by atoms with Gasteiger partial charge in [-0.25, -0.2) is 0 Å². The van der Waals surface area contributed by atoms with Crippen molar-refractivity contribution in [2.75, 3.05) is 4.90 Å². The van der Waals surface area contributed by atoms with Gasteiger partial charge in [0.25, 0.3) is 0 Å². The molecule has 3 heteroatoms. The van der Waals surface area contributed by atoms with Crippen molar-refractivity contribution < 1.29 is 8.83 Å². The van der Waals surface area contributed by atoms with Crippen molar-refractivity contribution in [2.24, 2.45) is 0 Å². The highest BCUT2D eigenvalue weighted by molar-refractivity contribution is 6.21. The number of para-hydroxylation sites is 2. The fourth-order valence-electron chi connectivity index (χ4n) is 7.18. The Morgan fingerprint density at radius 2 is 0.844 bits per heavy atom. The molecular weight excluding hydrogens is 550 g/mol. The molecule has 0 saturated heterocycles. The summed E-state index contributed by atoms with van der Waals surface area (Å²) in [6.07, 6.45) is 0. The van der Waals surface area contributed by atoms with Crippen molar-refractivity contribution in [2.45, 2.75) is 0 Å². The quantitative estimate of drug-likeness (QED) is 0.196. The normalized spacial score (nSPS) is 12.0. The van der Waals surface area contributed by atoms with Gasteiger partial charge in [0, 0.05) is 50.4 Å². The lowest BCUT2D eigenvalue weighted by molar-refractivity contribution is 0.669. The van der Waals surface area contributed by atoms with Crippen molar-refractivity contribution >= 4 is 93.3 Å². The van der Waals surface area contributed by atoms with E-state index in [-0.39, 0.29) is 0 Å². The average molecular weight is 576 g/mol. The molecule has 0 saturated carbocycles. The van der Waals surface area contributed by atoms with Crippen LogP contribution in [-0.4, -0.2) is 0 Å². The van der Waals surface area contributed by atoms with Gasteiger partial charge in [-0.3, -0.25) is 0 Å². The van der Waals surface area contributed by atoms with Crippen LogP contribution in [0.2, 0.25) is 0 Å². The molecule has 10 aromatic rings. The smallest absolute Gasteiger partial charge is 0.137 e. The highest BCUT2D eigenvalue weighted by Gasteiger charge is 2.20. The number of furan rings is 2. The van der Waals surface area contributed by atoms with Crippen LogP contribution in [0.5, 0.6) is 0 Å². The van der Waals surface area contributed by atoms with Crippen LogP contribution in [0.25, 0.3) is 76.2 Å². The Hall–Kier alpha value is -6.06. The molecule has 0 bridgehead atoms. The van der Waals surface area contributed by atoms with E-state index in [1.54, 1.807) is 0 Å². The summed E-state index contributed by atoms with van der Waals surface area (Å²) in [6.45, 7) is 0. The minimum atomic E-state index is 0.861. The maximum atomic E-state index is 6.39. The largest absolute Gasteiger partial charge is 0.456 e. The Bertz CT molecular complexity index is 2670. The molecule has 2 aromatic heterocycles. The summed E-state index contributed by atoms with van der Waals surface area (Å²) in [7, 11) is 0. The minimum absolute atomic E-state index is 0.861. The molecule has 0 radical (unpaired) electrons. The van der Waals surface area contributed by atoms with E-state index in [0.717, 1.165) is 60.9 Å². The summed E-state index contributed by atoms with van der Waals surface area (Å²) >= 11 is 0. The first-order chi connectivity index (χ1) is 22.3. The van der Waals surface area contributed by atoms with Gasteiger partial charge < -0.3 is 13.7 Å². The predicted molar refractivity (Wildman–Crippen MR) is 188 cm³/mol. The van der Waals surface area contributed by atoms with Crippen LogP contribution in [0.4, 0.5) is 17.1 Å². The third kappa shape index (κ3) is 3.58. The Morgan fingerprint density at radius 1 is 0.333 bits per heavy atom. The molecule has 0 aliphatic heterocycles. The van der Waals surface area contributed by atoms with Crippen LogP contribution in [0.1, 0.15) is 0 Å². The lowest BCUT2D eigenvalue weighted by Gasteiger charge is -2.27. The first-order valence-corrected chi connectivity index (χ1v) is 15.3. The van der Waals surface area contributed by atoms with E-state index in [9.17, 15) is 0 Å². The van der Waals surface area contributed by atoms with E-state index in [4.69, 9.17) is 8.83 Å². The fraction of sp³-hybridized carbons (Fsp3) is 0. The van der Waals surface area contributed by atoms with Crippen LogP contribution >= 0.6 is 0 Å². The monoisotopic (exact) mass is 575 g/mol. The Labute approximate surface area is 258 Å². The highest BCUT2D eigenvalue weighted by Crippen LogP contribution is 2.45. The van der Waals surface area contributed by atoms with Crippen LogP contribution < -0.4 is 4.90 Å². The summed E-state index contributed by atoms with van der Waals surface area (Å²) in [5.74, 6) is 0. The molecule has 0 N–H and O–H groups in total. The van der Waals surface area contributed by atoms with Gasteiger partial charge in [-0.1, -0.05) is 97.1 Å². The number of benzene rings is 8. The van der Waals surface area contributed by atoms with Gasteiger partial charge in [0.05, 0.1) is 5.69 Å². The molecule has 0 atom stereocenters. The minimum Gasteiger partial charge on any atom is -0.456 e. The maximum Gasteiger partial charge on any atom is 0.137 e. The standard InChI is InChI=1S/C42H25NO2/c1-2-10-30-26(8-1)16-21-36-31(30)20-17-27-9-7-13-37(42(27)36)43(28-18-22-34-32-11-3-5-14-38(32)44-40(34)24-28)29-19-23-35-33-12-4-6-15-39(33)45-41(35)25-29/h1-25H. The van der Waals surface area contributed by atoms with Crippen LogP contribution in [0.3, 0.4) is 0 Å². The van der Waals surface area contributed by atoms with Crippen LogP contribution in [0, 0.1) is 0 Å². The number of fused-ring (bicyclic) bond motifs is 11. The number of anilines is 3. The molecule has 10 rings (SSSR count). The molecule has 0 fully saturated rings. The van der Waals surface area contributed by atoms with E-state index in [0.29, 0.717) is 0 Å². The molecule has 0 aliphatic carbocycles. The Morgan fingerprint density at radius 3 is 1.53 bits per heavy atom. The Balaban J connectivity index is 1.29. The molecular formula is C42H25NO2. The molecule has 8 aromatic carbocycles. The second kappa shape index (κ2) is 9.22. The van der Waals surface area contributed by atoms with E-state index in [1.807, 2.05) is 24.3 Å². The number of hydrogen-bond donors (Lipinski definition) is 0. The van der Waals surface area contributed by atoms with Gasteiger partial charge in [-0.05, 0) is 69.4 Å². The lowest BCUT2D eigenvalue weighted by Crippen LogP contribution is -2.10. The van der Waals surface area contributed by atoms with Crippen molar-refractivity contribution in [1.82, 2.24) is 0 Å². The van der Waals surface area contributed by atoms with Crippen molar-refractivity contribution in [3.63, 3.8) is 0 Å². The second-order valence-electron chi connectivity index (χ2n) is 11.7. The fourth-order valence-corrected chi connectivity index (χ4v) is 7.18. The SMILES string of the molecule is c1ccc2c(c1)ccc1c2ccc2cccc(N(c3ccc4c(c3)oc3ccccc34)c3ccc4c(c3)oc3ccccc34)c21. The van der Waals surface area contributed by atoms with Gasteiger partial charge in [-0.15, -0.1) is 0 Å². The van der Waals surface area contributed by atoms with Gasteiger partial charge >= 0.3 is 0 Å².